The molecule has 0 radical (unpaired) electrons. The van der Waals surface area contributed by atoms with Gasteiger partial charge in [0.1, 0.15) is 0 Å². The maximum Gasteiger partial charge on any atom is 0.252 e. The molecule has 1 amide bonds. The van der Waals surface area contributed by atoms with Crippen molar-refractivity contribution in [3.63, 3.8) is 0 Å². The number of carbonyl (C=O) groups is 1. The lowest BCUT2D eigenvalue weighted by molar-refractivity contribution is 0.0935. The van der Waals surface area contributed by atoms with Crippen LogP contribution < -0.4 is 5.32 Å². The highest BCUT2D eigenvalue weighted by Crippen LogP contribution is 2.19. The zero-order chi connectivity index (χ0) is 16.8. The smallest absolute Gasteiger partial charge is 0.252 e. The number of nitrogens with one attached hydrogen (secondary N) is 1. The Morgan fingerprint density at radius 1 is 1.25 bits per heavy atom. The van der Waals surface area contributed by atoms with Crippen LogP contribution >= 0.6 is 11.6 Å². The molecule has 4 nitrogen and oxygen atoms in total. The average molecular weight is 344 g/mol. The summed E-state index contributed by atoms with van der Waals surface area (Å²) in [4.78, 5) is 18.5. The minimum atomic E-state index is -0.0375. The Bertz CT molecular complexity index is 669. The van der Waals surface area contributed by atoms with Crippen LogP contribution in [-0.4, -0.2) is 35.4 Å². The molecular weight excluding hydrogens is 322 g/mol. The Morgan fingerprint density at radius 3 is 2.79 bits per heavy atom. The average Bonchev–Trinajstić information content (AvgIpc) is 2.62. The minimum Gasteiger partial charge on any atom is -0.352 e. The summed E-state index contributed by atoms with van der Waals surface area (Å²) in [6.07, 6.45) is 5.48. The van der Waals surface area contributed by atoms with Crippen LogP contribution in [0, 0.1) is 5.92 Å². The van der Waals surface area contributed by atoms with Gasteiger partial charge in [-0.1, -0.05) is 23.7 Å². The molecule has 1 aromatic heterocycles. The number of aromatic nitrogens is 1. The van der Waals surface area contributed by atoms with Crippen molar-refractivity contribution in [2.75, 3.05) is 19.6 Å². The molecule has 1 fully saturated rings. The molecule has 0 unspecified atom stereocenters. The van der Waals surface area contributed by atoms with Gasteiger partial charge in [0.25, 0.3) is 5.91 Å². The Balaban J connectivity index is 1.41. The lowest BCUT2D eigenvalue weighted by atomic mass is 9.96. The molecule has 1 aliphatic rings. The number of likely N-dealkylation sites (tertiary alicyclic amines) is 1. The van der Waals surface area contributed by atoms with Crippen LogP contribution in [0.1, 0.15) is 28.8 Å². The van der Waals surface area contributed by atoms with Crippen molar-refractivity contribution in [3.8, 4) is 0 Å². The van der Waals surface area contributed by atoms with E-state index in [9.17, 15) is 4.79 Å². The summed E-state index contributed by atoms with van der Waals surface area (Å²) in [6, 6.07) is 11.6. The summed E-state index contributed by atoms with van der Waals surface area (Å²) < 4.78 is 0. The molecule has 0 bridgehead atoms. The lowest BCUT2D eigenvalue weighted by Gasteiger charge is -2.32. The van der Waals surface area contributed by atoms with E-state index in [0.29, 0.717) is 11.5 Å². The van der Waals surface area contributed by atoms with Crippen LogP contribution in [0.5, 0.6) is 0 Å². The minimum absolute atomic E-state index is 0.0375. The van der Waals surface area contributed by atoms with E-state index >= 15 is 0 Å². The number of hydrogen-bond acceptors (Lipinski definition) is 3. The van der Waals surface area contributed by atoms with Gasteiger partial charge in [0, 0.05) is 30.5 Å². The third-order valence-electron chi connectivity index (χ3n) is 4.48. The molecule has 5 heteroatoms. The molecule has 24 heavy (non-hydrogen) atoms. The second kappa shape index (κ2) is 8.27. The van der Waals surface area contributed by atoms with Gasteiger partial charge >= 0.3 is 0 Å². The molecule has 1 saturated heterocycles. The highest BCUT2D eigenvalue weighted by Gasteiger charge is 2.20. The number of nitrogens with zero attached hydrogens (tertiary/aromatic N) is 2. The Labute approximate surface area is 147 Å². The number of rotatable bonds is 5. The molecule has 126 valence electrons. The van der Waals surface area contributed by atoms with E-state index in [1.54, 1.807) is 24.5 Å². The molecule has 1 aromatic carbocycles. The van der Waals surface area contributed by atoms with Crippen LogP contribution in [0.3, 0.4) is 0 Å². The second-order valence-electron chi connectivity index (χ2n) is 6.30. The largest absolute Gasteiger partial charge is 0.352 e. The van der Waals surface area contributed by atoms with Crippen molar-refractivity contribution in [1.29, 1.82) is 0 Å². The van der Waals surface area contributed by atoms with Crippen molar-refractivity contribution < 1.29 is 4.79 Å². The van der Waals surface area contributed by atoms with Crippen LogP contribution in [-0.2, 0) is 6.54 Å². The third kappa shape index (κ3) is 4.79. The van der Waals surface area contributed by atoms with Crippen molar-refractivity contribution in [3.05, 3.63) is 64.9 Å². The molecule has 2 aromatic rings. The van der Waals surface area contributed by atoms with Crippen molar-refractivity contribution in [1.82, 2.24) is 15.2 Å². The van der Waals surface area contributed by atoms with Gasteiger partial charge in [-0.2, -0.15) is 0 Å². The second-order valence-corrected chi connectivity index (χ2v) is 6.74. The number of pyridine rings is 1. The number of benzene rings is 1. The fourth-order valence-corrected chi connectivity index (χ4v) is 3.29. The summed E-state index contributed by atoms with van der Waals surface area (Å²) in [5.74, 6) is 0.505. The van der Waals surface area contributed by atoms with E-state index in [1.807, 2.05) is 18.2 Å². The maximum atomic E-state index is 12.1. The standard InChI is InChI=1S/C19H22ClN3O/c20-18-5-1-3-16(11-18)14-23-9-6-15(7-10-23)12-22-19(24)17-4-2-8-21-13-17/h1-5,8,11,13,15H,6-7,9-10,12,14H2,(H,22,24). The van der Waals surface area contributed by atoms with Crippen LogP contribution in [0.2, 0.25) is 5.02 Å². The van der Waals surface area contributed by atoms with E-state index in [0.717, 1.165) is 44.0 Å². The van der Waals surface area contributed by atoms with Gasteiger partial charge in [-0.25, -0.2) is 0 Å². The monoisotopic (exact) mass is 343 g/mol. The molecule has 2 heterocycles. The van der Waals surface area contributed by atoms with E-state index in [4.69, 9.17) is 11.6 Å². The number of halogens is 1. The first-order valence-corrected chi connectivity index (χ1v) is 8.73. The van der Waals surface area contributed by atoms with E-state index in [1.165, 1.54) is 5.56 Å². The molecule has 0 atom stereocenters. The molecule has 1 aliphatic heterocycles. The first-order chi connectivity index (χ1) is 11.7. The van der Waals surface area contributed by atoms with Crippen molar-refractivity contribution in [2.45, 2.75) is 19.4 Å². The highest BCUT2D eigenvalue weighted by molar-refractivity contribution is 6.30. The number of carbonyl (C=O) groups excluding carboxylic acids is 1. The Hall–Kier alpha value is -1.91. The van der Waals surface area contributed by atoms with Gasteiger partial charge in [0.15, 0.2) is 0 Å². The zero-order valence-corrected chi connectivity index (χ0v) is 14.4. The zero-order valence-electron chi connectivity index (χ0n) is 13.6. The molecule has 0 spiro atoms. The number of hydrogen-bond donors (Lipinski definition) is 1. The first kappa shape index (κ1) is 16.9. The van der Waals surface area contributed by atoms with E-state index in [2.05, 4.69) is 21.3 Å². The fraction of sp³-hybridized carbons (Fsp3) is 0.368. The van der Waals surface area contributed by atoms with Crippen LogP contribution in [0.15, 0.2) is 48.8 Å². The summed E-state index contributed by atoms with van der Waals surface area (Å²) in [5, 5.41) is 3.82. The van der Waals surface area contributed by atoms with Gasteiger partial charge < -0.3 is 5.32 Å². The number of amides is 1. The van der Waals surface area contributed by atoms with E-state index in [-0.39, 0.29) is 5.91 Å². The molecule has 0 aliphatic carbocycles. The van der Waals surface area contributed by atoms with Crippen LogP contribution in [0.25, 0.3) is 0 Å². The topological polar surface area (TPSA) is 45.2 Å². The lowest BCUT2D eigenvalue weighted by Crippen LogP contribution is -2.38. The summed E-state index contributed by atoms with van der Waals surface area (Å²) >= 11 is 6.04. The van der Waals surface area contributed by atoms with Crippen molar-refractivity contribution in [2.24, 2.45) is 5.92 Å². The SMILES string of the molecule is O=C(NCC1CCN(Cc2cccc(Cl)c2)CC1)c1cccnc1. The Morgan fingerprint density at radius 2 is 2.08 bits per heavy atom. The highest BCUT2D eigenvalue weighted by atomic mass is 35.5. The maximum absolute atomic E-state index is 12.1. The van der Waals surface area contributed by atoms with Gasteiger partial charge in [0.2, 0.25) is 0 Å². The first-order valence-electron chi connectivity index (χ1n) is 8.36. The third-order valence-corrected chi connectivity index (χ3v) is 4.71. The molecular formula is C19H22ClN3O. The number of piperidine rings is 1. The van der Waals surface area contributed by atoms with Gasteiger partial charge in [-0.15, -0.1) is 0 Å². The summed E-state index contributed by atoms with van der Waals surface area (Å²) in [6.45, 7) is 3.79. The molecule has 3 rings (SSSR count). The summed E-state index contributed by atoms with van der Waals surface area (Å²) in [7, 11) is 0. The normalized spacial score (nSPS) is 16.0. The summed E-state index contributed by atoms with van der Waals surface area (Å²) in [5.41, 5.74) is 1.88. The fourth-order valence-electron chi connectivity index (χ4n) is 3.08. The molecule has 0 saturated carbocycles. The quantitative estimate of drug-likeness (QED) is 0.905. The van der Waals surface area contributed by atoms with Gasteiger partial charge in [-0.3, -0.25) is 14.7 Å². The van der Waals surface area contributed by atoms with Crippen LogP contribution in [0.4, 0.5) is 0 Å². The Kier molecular flexibility index (Phi) is 5.83. The van der Waals surface area contributed by atoms with Gasteiger partial charge in [0.05, 0.1) is 5.56 Å². The van der Waals surface area contributed by atoms with Crippen molar-refractivity contribution >= 4 is 17.5 Å². The van der Waals surface area contributed by atoms with Gasteiger partial charge in [-0.05, 0) is 61.7 Å². The predicted octanol–water partition coefficient (Wildman–Crippen LogP) is 3.38. The predicted molar refractivity (Wildman–Crippen MR) is 96.0 cm³/mol. The van der Waals surface area contributed by atoms with E-state index < -0.39 is 0 Å². The molecule has 1 N–H and O–H groups in total.